The summed E-state index contributed by atoms with van der Waals surface area (Å²) in [6.07, 6.45) is 2.39. The first kappa shape index (κ1) is 22.3. The zero-order valence-electron chi connectivity index (χ0n) is 17.0. The maximum atomic E-state index is 12.5. The Kier molecular flexibility index (Phi) is 7.59. The standard InChI is InChI=1S/C24H25N3O3S/c1-2-17-26-31(29,30)23-14-8-20(9-15-23)24(28)27-22-12-10-21(11-13-22)25-18-16-19-6-4-3-5-7-19/h2-15,25-26H,1,16-18H2,(H,27,28). The summed E-state index contributed by atoms with van der Waals surface area (Å²) in [5.74, 6) is -0.312. The third-order valence-electron chi connectivity index (χ3n) is 4.57. The van der Waals surface area contributed by atoms with Gasteiger partial charge in [-0.1, -0.05) is 36.4 Å². The van der Waals surface area contributed by atoms with Crippen LogP contribution in [0.4, 0.5) is 11.4 Å². The van der Waals surface area contributed by atoms with E-state index in [1.54, 1.807) is 0 Å². The molecule has 0 aliphatic heterocycles. The Morgan fingerprint density at radius 2 is 1.52 bits per heavy atom. The van der Waals surface area contributed by atoms with Crippen LogP contribution < -0.4 is 15.4 Å². The minimum absolute atomic E-state index is 0.0943. The molecule has 3 rings (SSSR count). The number of hydrogen-bond donors (Lipinski definition) is 3. The van der Waals surface area contributed by atoms with Gasteiger partial charge in [-0.2, -0.15) is 0 Å². The Hall–Kier alpha value is -3.42. The van der Waals surface area contributed by atoms with Gasteiger partial charge in [-0.05, 0) is 60.5 Å². The number of nitrogens with one attached hydrogen (secondary N) is 3. The van der Waals surface area contributed by atoms with Gasteiger partial charge in [-0.15, -0.1) is 6.58 Å². The maximum Gasteiger partial charge on any atom is 0.255 e. The van der Waals surface area contributed by atoms with Gasteiger partial charge in [-0.25, -0.2) is 13.1 Å². The van der Waals surface area contributed by atoms with Gasteiger partial charge in [0.15, 0.2) is 0 Å². The summed E-state index contributed by atoms with van der Waals surface area (Å²) in [5.41, 5.74) is 3.26. The normalized spacial score (nSPS) is 11.0. The molecule has 6 nitrogen and oxygen atoms in total. The SMILES string of the molecule is C=CCNS(=O)(=O)c1ccc(C(=O)Nc2ccc(NCCc3ccccc3)cc2)cc1. The lowest BCUT2D eigenvalue weighted by Gasteiger charge is -2.09. The van der Waals surface area contributed by atoms with Crippen molar-refractivity contribution in [3.8, 4) is 0 Å². The van der Waals surface area contributed by atoms with E-state index in [9.17, 15) is 13.2 Å². The van der Waals surface area contributed by atoms with Crippen LogP contribution in [0.1, 0.15) is 15.9 Å². The molecule has 0 radical (unpaired) electrons. The molecular weight excluding hydrogens is 410 g/mol. The van der Waals surface area contributed by atoms with Crippen molar-refractivity contribution in [2.75, 3.05) is 23.7 Å². The quantitative estimate of drug-likeness (QED) is 0.419. The van der Waals surface area contributed by atoms with Crippen LogP contribution in [0, 0.1) is 0 Å². The molecule has 0 aliphatic rings. The van der Waals surface area contributed by atoms with Gasteiger partial charge in [0.1, 0.15) is 0 Å². The fourth-order valence-electron chi connectivity index (χ4n) is 2.91. The van der Waals surface area contributed by atoms with Gasteiger partial charge >= 0.3 is 0 Å². The largest absolute Gasteiger partial charge is 0.385 e. The predicted octanol–water partition coefficient (Wildman–Crippen LogP) is 4.06. The smallest absolute Gasteiger partial charge is 0.255 e. The summed E-state index contributed by atoms with van der Waals surface area (Å²) in [6.45, 7) is 4.44. The maximum absolute atomic E-state index is 12.5. The molecule has 0 spiro atoms. The fraction of sp³-hybridized carbons (Fsp3) is 0.125. The highest BCUT2D eigenvalue weighted by Gasteiger charge is 2.14. The molecule has 31 heavy (non-hydrogen) atoms. The molecular formula is C24H25N3O3S. The Morgan fingerprint density at radius 3 is 2.16 bits per heavy atom. The molecule has 0 bridgehead atoms. The molecule has 0 heterocycles. The zero-order valence-corrected chi connectivity index (χ0v) is 17.9. The third-order valence-corrected chi connectivity index (χ3v) is 6.01. The highest BCUT2D eigenvalue weighted by Crippen LogP contribution is 2.16. The van der Waals surface area contributed by atoms with Crippen molar-refractivity contribution in [3.63, 3.8) is 0 Å². The Morgan fingerprint density at radius 1 is 0.871 bits per heavy atom. The molecule has 3 aromatic rings. The first-order valence-corrected chi connectivity index (χ1v) is 11.4. The molecule has 0 aliphatic carbocycles. The molecule has 1 amide bonds. The van der Waals surface area contributed by atoms with Gasteiger partial charge in [-0.3, -0.25) is 4.79 Å². The summed E-state index contributed by atoms with van der Waals surface area (Å²) < 4.78 is 26.6. The van der Waals surface area contributed by atoms with Gasteiger partial charge < -0.3 is 10.6 Å². The van der Waals surface area contributed by atoms with Gasteiger partial charge in [0.2, 0.25) is 10.0 Å². The highest BCUT2D eigenvalue weighted by molar-refractivity contribution is 7.89. The lowest BCUT2D eigenvalue weighted by Crippen LogP contribution is -2.23. The molecule has 0 atom stereocenters. The van der Waals surface area contributed by atoms with Crippen LogP contribution in [0.3, 0.4) is 0 Å². The zero-order chi connectivity index (χ0) is 22.1. The van der Waals surface area contributed by atoms with Crippen LogP contribution in [0.2, 0.25) is 0 Å². The van der Waals surface area contributed by atoms with E-state index >= 15 is 0 Å². The number of benzene rings is 3. The highest BCUT2D eigenvalue weighted by atomic mass is 32.2. The summed E-state index contributed by atoms with van der Waals surface area (Å²) in [4.78, 5) is 12.6. The van der Waals surface area contributed by atoms with Crippen molar-refractivity contribution < 1.29 is 13.2 Å². The minimum Gasteiger partial charge on any atom is -0.385 e. The first-order valence-electron chi connectivity index (χ1n) is 9.88. The van der Waals surface area contributed by atoms with E-state index in [0.29, 0.717) is 11.3 Å². The molecule has 7 heteroatoms. The van der Waals surface area contributed by atoms with Crippen molar-refractivity contribution >= 4 is 27.3 Å². The molecule has 0 unspecified atom stereocenters. The number of carbonyl (C=O) groups excluding carboxylic acids is 1. The molecule has 3 N–H and O–H groups in total. The van der Waals surface area contributed by atoms with E-state index in [1.165, 1.54) is 35.9 Å². The number of rotatable bonds is 10. The molecule has 3 aromatic carbocycles. The van der Waals surface area contributed by atoms with Gasteiger partial charge in [0, 0.05) is 30.0 Å². The van der Waals surface area contributed by atoms with Crippen molar-refractivity contribution in [2.24, 2.45) is 0 Å². The monoisotopic (exact) mass is 435 g/mol. The van der Waals surface area contributed by atoms with E-state index in [2.05, 4.69) is 34.1 Å². The van der Waals surface area contributed by atoms with Crippen molar-refractivity contribution in [1.29, 1.82) is 0 Å². The van der Waals surface area contributed by atoms with E-state index in [-0.39, 0.29) is 17.3 Å². The van der Waals surface area contributed by atoms with Crippen LogP contribution in [0.15, 0.2) is 96.4 Å². The van der Waals surface area contributed by atoms with Crippen LogP contribution >= 0.6 is 0 Å². The third kappa shape index (κ3) is 6.53. The molecule has 160 valence electrons. The fourth-order valence-corrected chi connectivity index (χ4v) is 3.91. The second-order valence-electron chi connectivity index (χ2n) is 6.86. The van der Waals surface area contributed by atoms with E-state index in [4.69, 9.17) is 0 Å². The second kappa shape index (κ2) is 10.6. The number of carbonyl (C=O) groups is 1. The molecule has 0 aromatic heterocycles. The summed E-state index contributed by atoms with van der Waals surface area (Å²) in [5, 5.41) is 6.17. The van der Waals surface area contributed by atoms with Gasteiger partial charge in [0.25, 0.3) is 5.91 Å². The first-order chi connectivity index (χ1) is 15.0. The second-order valence-corrected chi connectivity index (χ2v) is 8.63. The number of amides is 1. The topological polar surface area (TPSA) is 87.3 Å². The Bertz CT molecular complexity index is 1110. The van der Waals surface area contributed by atoms with E-state index in [1.807, 2.05) is 42.5 Å². The summed E-state index contributed by atoms with van der Waals surface area (Å²) in [7, 11) is -3.61. The lowest BCUT2D eigenvalue weighted by molar-refractivity contribution is 0.102. The van der Waals surface area contributed by atoms with Crippen LogP contribution in [-0.2, 0) is 16.4 Å². The summed E-state index contributed by atoms with van der Waals surface area (Å²) in [6, 6.07) is 23.5. The van der Waals surface area contributed by atoms with Crippen LogP contribution in [0.5, 0.6) is 0 Å². The lowest BCUT2D eigenvalue weighted by atomic mass is 10.1. The van der Waals surface area contributed by atoms with Crippen molar-refractivity contribution in [3.05, 3.63) is 103 Å². The Labute approximate surface area is 183 Å². The Balaban J connectivity index is 1.53. The van der Waals surface area contributed by atoms with Crippen molar-refractivity contribution in [2.45, 2.75) is 11.3 Å². The van der Waals surface area contributed by atoms with Crippen LogP contribution in [0.25, 0.3) is 0 Å². The van der Waals surface area contributed by atoms with E-state index < -0.39 is 10.0 Å². The minimum atomic E-state index is -3.61. The number of sulfonamides is 1. The van der Waals surface area contributed by atoms with E-state index in [0.717, 1.165) is 18.7 Å². The summed E-state index contributed by atoms with van der Waals surface area (Å²) >= 11 is 0. The molecule has 0 fully saturated rings. The van der Waals surface area contributed by atoms with Crippen molar-refractivity contribution in [1.82, 2.24) is 4.72 Å². The average molecular weight is 436 g/mol. The number of anilines is 2. The molecule has 0 saturated heterocycles. The number of hydrogen-bond acceptors (Lipinski definition) is 4. The predicted molar refractivity (Wildman–Crippen MR) is 125 cm³/mol. The van der Waals surface area contributed by atoms with Gasteiger partial charge in [0.05, 0.1) is 4.90 Å². The molecule has 0 saturated carbocycles. The van der Waals surface area contributed by atoms with Crippen LogP contribution in [-0.4, -0.2) is 27.4 Å². The average Bonchev–Trinajstić information content (AvgIpc) is 2.80.